The zero-order valence-corrected chi connectivity index (χ0v) is 29.6. The summed E-state index contributed by atoms with van der Waals surface area (Å²) in [5.74, 6) is -0.636. The zero-order chi connectivity index (χ0) is 34.5. The van der Waals surface area contributed by atoms with Crippen LogP contribution in [0.15, 0.2) is 25.0 Å². The maximum atomic E-state index is 13.2. The first-order chi connectivity index (χ1) is 22.9. The van der Waals surface area contributed by atoms with Crippen LogP contribution in [0.3, 0.4) is 0 Å². The van der Waals surface area contributed by atoms with Gasteiger partial charge in [-0.1, -0.05) is 136 Å². The van der Waals surface area contributed by atoms with Gasteiger partial charge in [-0.3, -0.25) is 9.59 Å². The summed E-state index contributed by atoms with van der Waals surface area (Å²) in [6.07, 6.45) is 18.6. The third kappa shape index (κ3) is 20.8. The van der Waals surface area contributed by atoms with Gasteiger partial charge in [0, 0.05) is 13.0 Å². The summed E-state index contributed by atoms with van der Waals surface area (Å²) in [5, 5.41) is 13.0. The van der Waals surface area contributed by atoms with Gasteiger partial charge in [-0.05, 0) is 19.8 Å². The maximum absolute atomic E-state index is 13.2. The molecule has 10 heteroatoms. The summed E-state index contributed by atoms with van der Waals surface area (Å²) in [6, 6.07) is -0.937. The molecule has 0 aromatic heterocycles. The van der Waals surface area contributed by atoms with E-state index in [0.717, 1.165) is 44.9 Å². The molecule has 1 aliphatic heterocycles. The highest BCUT2D eigenvalue weighted by atomic mass is 16.8. The first-order valence-corrected chi connectivity index (χ1v) is 18.3. The molecule has 0 spiro atoms. The molecule has 0 radical (unpaired) electrons. The van der Waals surface area contributed by atoms with Crippen LogP contribution in [0.5, 0.6) is 0 Å². The van der Waals surface area contributed by atoms with Crippen LogP contribution in [0.25, 0.3) is 0 Å². The number of allylic oxidation sites excluding steroid dienone is 1. The normalized spacial score (nSPS) is 20.5. The van der Waals surface area contributed by atoms with Gasteiger partial charge in [0.1, 0.15) is 30.6 Å². The highest BCUT2D eigenvalue weighted by Gasteiger charge is 2.50. The van der Waals surface area contributed by atoms with E-state index in [4.69, 9.17) is 23.7 Å². The highest BCUT2D eigenvalue weighted by molar-refractivity contribution is 5.98. The lowest BCUT2D eigenvalue weighted by molar-refractivity contribution is -0.265. The molecule has 1 heterocycles. The summed E-state index contributed by atoms with van der Waals surface area (Å²) >= 11 is 0. The zero-order valence-electron chi connectivity index (χ0n) is 29.6. The van der Waals surface area contributed by atoms with E-state index in [1.807, 2.05) is 0 Å². The Balaban J connectivity index is 0.0000221. The SMILES string of the molecule is C.C=CCOC(=O)O[C@H]1[C@H](OCCCCCCCCCC)[C@@H](NC(=O)CC(=O)CCCCCCCCCCC)[C@@H](O/C=C\C)O[C@@H]1CO. The second-order valence-corrected chi connectivity index (χ2v) is 12.5. The lowest BCUT2D eigenvalue weighted by Gasteiger charge is -2.44. The van der Waals surface area contributed by atoms with Crippen molar-refractivity contribution in [3.8, 4) is 0 Å². The maximum Gasteiger partial charge on any atom is 0.509 e. The Labute approximate surface area is 291 Å². The minimum atomic E-state index is -1.11. The number of ketones is 1. The molecule has 1 amide bonds. The van der Waals surface area contributed by atoms with Gasteiger partial charge in [-0.25, -0.2) is 4.79 Å². The number of carbonyl (C=O) groups excluding carboxylic acids is 3. The number of rotatable bonds is 29. The van der Waals surface area contributed by atoms with Crippen LogP contribution >= 0.6 is 0 Å². The smallest absolute Gasteiger partial charge is 0.471 e. The predicted octanol–water partition coefficient (Wildman–Crippen LogP) is 8.49. The van der Waals surface area contributed by atoms with E-state index in [9.17, 15) is 19.5 Å². The Kier molecular flexibility index (Phi) is 29.1. The van der Waals surface area contributed by atoms with Gasteiger partial charge in [-0.15, -0.1) is 0 Å². The molecule has 1 fully saturated rings. The van der Waals surface area contributed by atoms with Crippen LogP contribution in [0.2, 0.25) is 0 Å². The number of aliphatic hydroxyl groups is 1. The second-order valence-electron chi connectivity index (χ2n) is 12.5. The number of unbranched alkanes of at least 4 members (excludes halogenated alkanes) is 15. The van der Waals surface area contributed by atoms with Gasteiger partial charge in [0.25, 0.3) is 0 Å². The van der Waals surface area contributed by atoms with Crippen LogP contribution < -0.4 is 5.32 Å². The van der Waals surface area contributed by atoms with Gasteiger partial charge < -0.3 is 34.1 Å². The molecule has 0 saturated carbocycles. The number of aliphatic hydroxyl groups excluding tert-OH is 1. The minimum Gasteiger partial charge on any atom is -0.471 e. The number of hydrogen-bond donors (Lipinski definition) is 2. The molecule has 0 unspecified atom stereocenters. The van der Waals surface area contributed by atoms with Crippen molar-refractivity contribution >= 4 is 17.8 Å². The van der Waals surface area contributed by atoms with Crippen molar-refractivity contribution in [2.45, 2.75) is 181 Å². The van der Waals surface area contributed by atoms with Gasteiger partial charge >= 0.3 is 6.16 Å². The molecular weight excluding hydrogens is 614 g/mol. The Bertz CT molecular complexity index is 865. The van der Waals surface area contributed by atoms with Crippen molar-refractivity contribution in [2.75, 3.05) is 19.8 Å². The van der Waals surface area contributed by atoms with E-state index in [1.54, 1.807) is 13.0 Å². The van der Waals surface area contributed by atoms with Crippen LogP contribution in [-0.4, -0.2) is 73.4 Å². The van der Waals surface area contributed by atoms with Crippen LogP contribution in [0.1, 0.15) is 150 Å². The summed E-state index contributed by atoms with van der Waals surface area (Å²) in [7, 11) is 0. The highest BCUT2D eigenvalue weighted by Crippen LogP contribution is 2.28. The molecule has 280 valence electrons. The van der Waals surface area contributed by atoms with Gasteiger partial charge in [-0.2, -0.15) is 0 Å². The summed E-state index contributed by atoms with van der Waals surface area (Å²) in [4.78, 5) is 38.4. The lowest BCUT2D eigenvalue weighted by Crippen LogP contribution is -2.66. The minimum absolute atomic E-state index is 0. The Hall–Kier alpha value is -2.43. The second kappa shape index (κ2) is 30.6. The van der Waals surface area contributed by atoms with Gasteiger partial charge in [0.05, 0.1) is 19.3 Å². The first kappa shape index (κ1) is 45.6. The van der Waals surface area contributed by atoms with Crippen molar-refractivity contribution in [1.82, 2.24) is 5.32 Å². The monoisotopic (exact) mass is 683 g/mol. The largest absolute Gasteiger partial charge is 0.509 e. The van der Waals surface area contributed by atoms with E-state index < -0.39 is 49.3 Å². The standard InChI is InChI=1S/C37H65NO9.CH4/c1-5-9-11-13-15-17-18-20-22-24-30(40)28-32(41)38-33-35(43-27-23-21-19-16-14-12-10-6-2)34(47-37(42)45-26-8-4)31(29-39)46-36(33)44-25-7-3;/h7-8,25,31,33-36,39H,4-6,9-24,26-29H2,1-3H3,(H,38,41);1H4/b25-7-;/t31-,33-,34-,35-,36+;/m1./s1. The van der Waals surface area contributed by atoms with Gasteiger partial charge in [0.2, 0.25) is 12.2 Å². The van der Waals surface area contributed by atoms with Crippen molar-refractivity contribution in [3.63, 3.8) is 0 Å². The molecule has 0 aromatic carbocycles. The number of nitrogens with one attached hydrogen (secondary N) is 1. The fraction of sp³-hybridized carbons (Fsp3) is 0.816. The first-order valence-electron chi connectivity index (χ1n) is 18.3. The molecular formula is C38H69NO9. The van der Waals surface area contributed by atoms with Crippen molar-refractivity contribution in [3.05, 3.63) is 25.0 Å². The third-order valence-corrected chi connectivity index (χ3v) is 8.28. The Morgan fingerprint density at radius 2 is 1.40 bits per heavy atom. The van der Waals surface area contributed by atoms with Crippen molar-refractivity contribution in [2.24, 2.45) is 0 Å². The number of ether oxygens (including phenoxy) is 5. The molecule has 0 bridgehead atoms. The molecule has 0 aromatic rings. The van der Waals surface area contributed by atoms with Crippen molar-refractivity contribution < 1.29 is 43.2 Å². The van der Waals surface area contributed by atoms with E-state index in [0.29, 0.717) is 13.0 Å². The number of amides is 1. The van der Waals surface area contributed by atoms with Crippen LogP contribution in [-0.2, 0) is 33.3 Å². The molecule has 5 atom stereocenters. The Morgan fingerprint density at radius 3 is 1.94 bits per heavy atom. The number of Topliss-reactive ketones (excluding diaryl/α,β-unsaturated/α-hetero) is 1. The molecule has 1 rings (SSSR count). The molecule has 2 N–H and O–H groups in total. The summed E-state index contributed by atoms with van der Waals surface area (Å²) < 4.78 is 28.7. The molecule has 48 heavy (non-hydrogen) atoms. The fourth-order valence-corrected chi connectivity index (χ4v) is 5.68. The number of carbonyl (C=O) groups is 3. The molecule has 1 aliphatic rings. The van der Waals surface area contributed by atoms with E-state index >= 15 is 0 Å². The molecule has 10 nitrogen and oxygen atoms in total. The Morgan fingerprint density at radius 1 is 0.833 bits per heavy atom. The van der Waals surface area contributed by atoms with E-state index in [-0.39, 0.29) is 26.2 Å². The third-order valence-electron chi connectivity index (χ3n) is 8.28. The summed E-state index contributed by atoms with van der Waals surface area (Å²) in [5.41, 5.74) is 0. The van der Waals surface area contributed by atoms with E-state index in [2.05, 4.69) is 25.7 Å². The fourth-order valence-electron chi connectivity index (χ4n) is 5.68. The molecule has 1 saturated heterocycles. The number of hydrogen-bond acceptors (Lipinski definition) is 9. The quantitative estimate of drug-likeness (QED) is 0.0262. The van der Waals surface area contributed by atoms with E-state index in [1.165, 1.54) is 76.5 Å². The van der Waals surface area contributed by atoms with Crippen molar-refractivity contribution in [1.29, 1.82) is 0 Å². The average molecular weight is 684 g/mol. The lowest BCUT2D eigenvalue weighted by atomic mass is 9.95. The predicted molar refractivity (Wildman–Crippen MR) is 191 cm³/mol. The summed E-state index contributed by atoms with van der Waals surface area (Å²) in [6.45, 7) is 9.50. The van der Waals surface area contributed by atoms with Crippen LogP contribution in [0.4, 0.5) is 4.79 Å². The topological polar surface area (TPSA) is 130 Å². The average Bonchev–Trinajstić information content (AvgIpc) is 3.06. The van der Waals surface area contributed by atoms with Crippen LogP contribution in [0, 0.1) is 0 Å². The molecule has 0 aliphatic carbocycles. The van der Waals surface area contributed by atoms with Gasteiger partial charge in [0.15, 0.2) is 6.10 Å².